The summed E-state index contributed by atoms with van der Waals surface area (Å²) < 4.78 is 0. The summed E-state index contributed by atoms with van der Waals surface area (Å²) in [5.74, 6) is 1.94. The van der Waals surface area contributed by atoms with Crippen molar-refractivity contribution < 1.29 is 0 Å². The molecule has 3 heteroatoms. The van der Waals surface area contributed by atoms with Gasteiger partial charge in [0, 0.05) is 6.54 Å². The summed E-state index contributed by atoms with van der Waals surface area (Å²) in [5.41, 5.74) is 3.56. The number of anilines is 1. The first-order chi connectivity index (χ1) is 9.27. The van der Waals surface area contributed by atoms with Crippen molar-refractivity contribution in [3.8, 4) is 0 Å². The summed E-state index contributed by atoms with van der Waals surface area (Å²) >= 11 is 0. The zero-order valence-electron chi connectivity index (χ0n) is 11.3. The molecule has 2 fully saturated rings. The Morgan fingerprint density at radius 3 is 2.47 bits per heavy atom. The van der Waals surface area contributed by atoms with Crippen LogP contribution in [0.25, 0.3) is 11.0 Å². The largest absolute Gasteiger partial charge is 0.368 e. The molecule has 0 radical (unpaired) electrons. The van der Waals surface area contributed by atoms with Crippen LogP contribution in [0.2, 0.25) is 0 Å². The van der Waals surface area contributed by atoms with Crippen molar-refractivity contribution in [3.63, 3.8) is 0 Å². The standard InChI is InChI=1S/C16H19N3/c1-11-15(17-10-16(8-9-16)12-6-7-12)19-14-5-3-2-4-13(14)18-11/h2-5,12H,6-10H2,1H3,(H,17,19). The van der Waals surface area contributed by atoms with Crippen LogP contribution < -0.4 is 5.32 Å². The van der Waals surface area contributed by atoms with Gasteiger partial charge in [-0.05, 0) is 56.1 Å². The topological polar surface area (TPSA) is 37.8 Å². The second-order valence-corrected chi connectivity index (χ2v) is 6.14. The molecular weight excluding hydrogens is 234 g/mol. The van der Waals surface area contributed by atoms with Crippen LogP contribution >= 0.6 is 0 Å². The number of nitrogens with one attached hydrogen (secondary N) is 1. The molecule has 2 aromatic rings. The molecule has 2 aliphatic rings. The third kappa shape index (κ3) is 1.97. The fourth-order valence-corrected chi connectivity index (χ4v) is 3.10. The highest BCUT2D eigenvalue weighted by Gasteiger charge is 2.53. The van der Waals surface area contributed by atoms with Crippen LogP contribution in [0, 0.1) is 18.3 Å². The minimum absolute atomic E-state index is 0.597. The van der Waals surface area contributed by atoms with Crippen LogP contribution in [0.1, 0.15) is 31.4 Å². The summed E-state index contributed by atoms with van der Waals surface area (Å²) in [7, 11) is 0. The van der Waals surface area contributed by atoms with Crippen molar-refractivity contribution in [1.82, 2.24) is 9.97 Å². The average Bonchev–Trinajstić information content (AvgIpc) is 3.27. The van der Waals surface area contributed by atoms with Crippen LogP contribution in [0.4, 0.5) is 5.82 Å². The second-order valence-electron chi connectivity index (χ2n) is 6.14. The van der Waals surface area contributed by atoms with E-state index in [0.29, 0.717) is 5.41 Å². The van der Waals surface area contributed by atoms with Gasteiger partial charge in [0.15, 0.2) is 0 Å². The molecule has 4 rings (SSSR count). The fourth-order valence-electron chi connectivity index (χ4n) is 3.10. The maximum Gasteiger partial charge on any atom is 0.148 e. The number of aryl methyl sites for hydroxylation is 1. The van der Waals surface area contributed by atoms with Gasteiger partial charge in [0.2, 0.25) is 0 Å². The van der Waals surface area contributed by atoms with E-state index in [1.54, 1.807) is 0 Å². The molecule has 0 unspecified atom stereocenters. The number of fused-ring (bicyclic) bond motifs is 1. The Morgan fingerprint density at radius 2 is 1.84 bits per heavy atom. The van der Waals surface area contributed by atoms with Crippen LogP contribution in [0.3, 0.4) is 0 Å². The Labute approximate surface area is 113 Å². The molecule has 0 atom stereocenters. The van der Waals surface area contributed by atoms with Gasteiger partial charge in [0.25, 0.3) is 0 Å². The Hall–Kier alpha value is -1.64. The summed E-state index contributed by atoms with van der Waals surface area (Å²) in [6.07, 6.45) is 5.66. The number of benzene rings is 1. The lowest BCUT2D eigenvalue weighted by Crippen LogP contribution is -2.18. The van der Waals surface area contributed by atoms with Gasteiger partial charge >= 0.3 is 0 Å². The first kappa shape index (κ1) is 11.2. The van der Waals surface area contributed by atoms with Crippen LogP contribution in [-0.4, -0.2) is 16.5 Å². The van der Waals surface area contributed by atoms with E-state index >= 15 is 0 Å². The third-order valence-corrected chi connectivity index (χ3v) is 4.69. The van der Waals surface area contributed by atoms with Crippen molar-refractivity contribution in [3.05, 3.63) is 30.0 Å². The van der Waals surface area contributed by atoms with E-state index in [1.807, 2.05) is 31.2 Å². The van der Waals surface area contributed by atoms with Gasteiger partial charge in [-0.2, -0.15) is 0 Å². The Morgan fingerprint density at radius 1 is 1.16 bits per heavy atom. The van der Waals surface area contributed by atoms with E-state index in [-0.39, 0.29) is 0 Å². The Balaban J connectivity index is 1.58. The zero-order chi connectivity index (χ0) is 12.9. The number of aromatic nitrogens is 2. The van der Waals surface area contributed by atoms with Gasteiger partial charge in [-0.15, -0.1) is 0 Å². The van der Waals surface area contributed by atoms with Crippen molar-refractivity contribution >= 4 is 16.9 Å². The van der Waals surface area contributed by atoms with E-state index in [1.165, 1.54) is 25.7 Å². The number of para-hydroxylation sites is 2. The molecule has 98 valence electrons. The normalized spacial score (nSPS) is 20.5. The molecule has 2 saturated carbocycles. The van der Waals surface area contributed by atoms with E-state index in [0.717, 1.165) is 35.0 Å². The van der Waals surface area contributed by atoms with E-state index in [4.69, 9.17) is 4.98 Å². The Bertz CT molecular complexity index is 627. The quantitative estimate of drug-likeness (QED) is 0.905. The number of rotatable bonds is 4. The van der Waals surface area contributed by atoms with Gasteiger partial charge in [0.1, 0.15) is 5.82 Å². The first-order valence-corrected chi connectivity index (χ1v) is 7.24. The molecule has 3 nitrogen and oxygen atoms in total. The first-order valence-electron chi connectivity index (χ1n) is 7.24. The maximum absolute atomic E-state index is 4.71. The summed E-state index contributed by atoms with van der Waals surface area (Å²) in [6.45, 7) is 3.12. The number of hydrogen-bond acceptors (Lipinski definition) is 3. The van der Waals surface area contributed by atoms with E-state index < -0.39 is 0 Å². The van der Waals surface area contributed by atoms with Gasteiger partial charge in [-0.3, -0.25) is 0 Å². The molecule has 1 N–H and O–H groups in total. The lowest BCUT2D eigenvalue weighted by molar-refractivity contribution is 0.466. The lowest BCUT2D eigenvalue weighted by atomic mass is 10.0. The van der Waals surface area contributed by atoms with Crippen LogP contribution in [0.5, 0.6) is 0 Å². The van der Waals surface area contributed by atoms with Crippen molar-refractivity contribution in [2.24, 2.45) is 11.3 Å². The molecule has 0 spiro atoms. The lowest BCUT2D eigenvalue weighted by Gasteiger charge is -2.16. The summed E-state index contributed by atoms with van der Waals surface area (Å²) in [6, 6.07) is 8.07. The molecule has 0 aliphatic heterocycles. The molecule has 1 heterocycles. The number of nitrogens with zero attached hydrogens (tertiary/aromatic N) is 2. The minimum atomic E-state index is 0.597. The van der Waals surface area contributed by atoms with Gasteiger partial charge in [0.05, 0.1) is 16.7 Å². The van der Waals surface area contributed by atoms with E-state index in [9.17, 15) is 0 Å². The summed E-state index contributed by atoms with van der Waals surface area (Å²) in [4.78, 5) is 9.34. The van der Waals surface area contributed by atoms with Crippen molar-refractivity contribution in [2.45, 2.75) is 32.6 Å². The van der Waals surface area contributed by atoms with Gasteiger partial charge in [-0.1, -0.05) is 12.1 Å². The zero-order valence-corrected chi connectivity index (χ0v) is 11.3. The predicted molar refractivity (Wildman–Crippen MR) is 77.2 cm³/mol. The molecule has 2 aliphatic carbocycles. The maximum atomic E-state index is 4.71. The van der Waals surface area contributed by atoms with Crippen molar-refractivity contribution in [2.75, 3.05) is 11.9 Å². The average molecular weight is 253 g/mol. The van der Waals surface area contributed by atoms with Crippen LogP contribution in [-0.2, 0) is 0 Å². The minimum Gasteiger partial charge on any atom is -0.368 e. The molecule has 1 aromatic carbocycles. The van der Waals surface area contributed by atoms with Gasteiger partial charge in [-0.25, -0.2) is 9.97 Å². The molecule has 19 heavy (non-hydrogen) atoms. The second kappa shape index (κ2) is 3.92. The highest BCUT2D eigenvalue weighted by atomic mass is 15.0. The highest BCUT2D eigenvalue weighted by Crippen LogP contribution is 2.61. The molecular formula is C16H19N3. The summed E-state index contributed by atoms with van der Waals surface area (Å²) in [5, 5.41) is 3.56. The fraction of sp³-hybridized carbons (Fsp3) is 0.500. The SMILES string of the molecule is Cc1nc2ccccc2nc1NCC1(C2CC2)CC1. The van der Waals surface area contributed by atoms with Crippen molar-refractivity contribution in [1.29, 1.82) is 0 Å². The molecule has 1 aromatic heterocycles. The highest BCUT2D eigenvalue weighted by molar-refractivity contribution is 5.76. The monoisotopic (exact) mass is 253 g/mol. The van der Waals surface area contributed by atoms with Crippen LogP contribution in [0.15, 0.2) is 24.3 Å². The number of hydrogen-bond donors (Lipinski definition) is 1. The Kier molecular flexibility index (Phi) is 2.32. The smallest absolute Gasteiger partial charge is 0.148 e. The molecule has 0 amide bonds. The molecule has 0 saturated heterocycles. The third-order valence-electron chi connectivity index (χ3n) is 4.69. The van der Waals surface area contributed by atoms with Gasteiger partial charge < -0.3 is 5.32 Å². The van der Waals surface area contributed by atoms with E-state index in [2.05, 4.69) is 10.3 Å². The molecule has 0 bridgehead atoms. The predicted octanol–water partition coefficient (Wildman–Crippen LogP) is 3.54.